The van der Waals surface area contributed by atoms with Gasteiger partial charge in [0.15, 0.2) is 6.10 Å². The fraction of sp³-hybridized carbons (Fsp3) is 0.883. The molecule has 0 radical (unpaired) electrons. The molecule has 0 aromatic carbocycles. The van der Waals surface area contributed by atoms with Crippen LogP contribution in [0.25, 0.3) is 0 Å². The largest absolute Gasteiger partial charge is 0.462 e. The summed E-state index contributed by atoms with van der Waals surface area (Å²) in [6.07, 6.45) is 65.3. The third-order valence-corrected chi connectivity index (χ3v) is 13.2. The molecule has 0 bridgehead atoms. The minimum absolute atomic E-state index is 0.0734. The first kappa shape index (κ1) is 63.9. The van der Waals surface area contributed by atoms with Gasteiger partial charge in [0.2, 0.25) is 0 Å². The van der Waals surface area contributed by atoms with Gasteiger partial charge in [0.1, 0.15) is 13.2 Å². The molecule has 0 aromatic rings. The summed E-state index contributed by atoms with van der Waals surface area (Å²) >= 11 is 0. The topological polar surface area (TPSA) is 78.9 Å². The lowest BCUT2D eigenvalue weighted by molar-refractivity contribution is -0.167. The molecule has 0 fully saturated rings. The lowest BCUT2D eigenvalue weighted by Crippen LogP contribution is -2.30. The number of hydrogen-bond acceptors (Lipinski definition) is 6. The molecule has 1 unspecified atom stereocenters. The van der Waals surface area contributed by atoms with E-state index in [9.17, 15) is 14.4 Å². The lowest BCUT2D eigenvalue weighted by atomic mass is 10.0. The van der Waals surface area contributed by atoms with Gasteiger partial charge in [-0.05, 0) is 44.9 Å². The number of esters is 3. The maximum Gasteiger partial charge on any atom is 0.306 e. The average molecular weight is 930 g/mol. The molecule has 0 heterocycles. The van der Waals surface area contributed by atoms with Crippen LogP contribution in [0.3, 0.4) is 0 Å². The van der Waals surface area contributed by atoms with Crippen molar-refractivity contribution in [2.75, 3.05) is 13.2 Å². The van der Waals surface area contributed by atoms with Crippen LogP contribution in [-0.2, 0) is 28.6 Å². The third kappa shape index (κ3) is 52.9. The number of rotatable bonds is 54. The molecule has 0 aliphatic heterocycles. The Labute approximate surface area is 411 Å². The zero-order valence-corrected chi connectivity index (χ0v) is 44.5. The van der Waals surface area contributed by atoms with Crippen LogP contribution in [0.2, 0.25) is 0 Å². The molecule has 0 aliphatic rings. The standard InChI is InChI=1S/C60H112O6/c1-4-7-10-13-15-17-19-21-23-24-25-26-27-28-29-30-31-32-33-34-35-36-37-39-40-42-44-47-50-53-59(62)65-56-57(55-64-58(61)52-49-46-12-9-6-3)66-60(63)54-51-48-45-43-41-38-22-20-18-16-14-11-8-5-2/h14,16,20,22,57H,4-13,15,17-19,21,23-56H2,1-3H3/b16-14-,22-20-. The summed E-state index contributed by atoms with van der Waals surface area (Å²) in [4.78, 5) is 37.7. The van der Waals surface area contributed by atoms with E-state index in [0.717, 1.165) is 89.9 Å². The number of allylic oxidation sites excluding steroid dienone is 4. The molecule has 0 spiro atoms. The molecule has 0 rings (SSSR count). The second kappa shape index (κ2) is 55.5. The zero-order valence-electron chi connectivity index (χ0n) is 44.5. The molecule has 1 atom stereocenters. The second-order valence-corrected chi connectivity index (χ2v) is 19.9. The van der Waals surface area contributed by atoms with Gasteiger partial charge in [-0.15, -0.1) is 0 Å². The minimum atomic E-state index is -0.771. The maximum atomic E-state index is 12.7. The molecule has 6 heteroatoms. The summed E-state index contributed by atoms with van der Waals surface area (Å²) in [5.74, 6) is -0.887. The van der Waals surface area contributed by atoms with Gasteiger partial charge in [0.25, 0.3) is 0 Å². The van der Waals surface area contributed by atoms with Crippen molar-refractivity contribution >= 4 is 17.9 Å². The van der Waals surface area contributed by atoms with Crippen LogP contribution in [0.15, 0.2) is 24.3 Å². The lowest BCUT2D eigenvalue weighted by Gasteiger charge is -2.18. The minimum Gasteiger partial charge on any atom is -0.462 e. The van der Waals surface area contributed by atoms with E-state index in [2.05, 4.69) is 45.1 Å². The average Bonchev–Trinajstić information content (AvgIpc) is 3.31. The maximum absolute atomic E-state index is 12.7. The van der Waals surface area contributed by atoms with E-state index in [1.54, 1.807) is 0 Å². The van der Waals surface area contributed by atoms with Gasteiger partial charge in [-0.2, -0.15) is 0 Å². The van der Waals surface area contributed by atoms with Crippen LogP contribution < -0.4 is 0 Å². The molecule has 0 saturated carbocycles. The number of carbonyl (C=O) groups is 3. The van der Waals surface area contributed by atoms with Crippen molar-refractivity contribution in [2.45, 2.75) is 329 Å². The van der Waals surface area contributed by atoms with E-state index in [1.807, 2.05) is 0 Å². The van der Waals surface area contributed by atoms with E-state index in [1.165, 1.54) is 193 Å². The van der Waals surface area contributed by atoms with Crippen molar-refractivity contribution in [1.29, 1.82) is 0 Å². The molecule has 388 valence electrons. The Kier molecular flexibility index (Phi) is 53.7. The number of hydrogen-bond donors (Lipinski definition) is 0. The molecule has 6 nitrogen and oxygen atoms in total. The first-order valence-corrected chi connectivity index (χ1v) is 29.3. The van der Waals surface area contributed by atoms with Crippen molar-refractivity contribution in [1.82, 2.24) is 0 Å². The highest BCUT2D eigenvalue weighted by Crippen LogP contribution is 2.18. The Hall–Kier alpha value is -2.11. The monoisotopic (exact) mass is 929 g/mol. The van der Waals surface area contributed by atoms with Crippen molar-refractivity contribution in [3.63, 3.8) is 0 Å². The highest BCUT2D eigenvalue weighted by Gasteiger charge is 2.19. The Morgan fingerprint density at radius 3 is 0.879 bits per heavy atom. The van der Waals surface area contributed by atoms with Gasteiger partial charge >= 0.3 is 17.9 Å². The van der Waals surface area contributed by atoms with E-state index in [4.69, 9.17) is 14.2 Å². The van der Waals surface area contributed by atoms with Crippen molar-refractivity contribution in [2.24, 2.45) is 0 Å². The normalized spacial score (nSPS) is 12.1. The van der Waals surface area contributed by atoms with Crippen molar-refractivity contribution < 1.29 is 28.6 Å². The first-order valence-electron chi connectivity index (χ1n) is 29.3. The fourth-order valence-corrected chi connectivity index (χ4v) is 8.76. The van der Waals surface area contributed by atoms with E-state index < -0.39 is 6.10 Å². The fourth-order valence-electron chi connectivity index (χ4n) is 8.76. The molecule has 0 aromatic heterocycles. The highest BCUT2D eigenvalue weighted by atomic mass is 16.6. The molecule has 0 saturated heterocycles. The van der Waals surface area contributed by atoms with Gasteiger partial charge in [0, 0.05) is 19.3 Å². The van der Waals surface area contributed by atoms with Crippen LogP contribution in [0.5, 0.6) is 0 Å². The Balaban J connectivity index is 3.92. The molecule has 0 amide bonds. The van der Waals surface area contributed by atoms with Crippen molar-refractivity contribution in [3.8, 4) is 0 Å². The summed E-state index contributed by atoms with van der Waals surface area (Å²) < 4.78 is 16.7. The Morgan fingerprint density at radius 1 is 0.303 bits per heavy atom. The van der Waals surface area contributed by atoms with Gasteiger partial charge in [-0.3, -0.25) is 14.4 Å². The molecule has 0 aliphatic carbocycles. The predicted molar refractivity (Wildman–Crippen MR) is 284 cm³/mol. The first-order chi connectivity index (χ1) is 32.5. The summed E-state index contributed by atoms with van der Waals surface area (Å²) in [6.45, 7) is 6.54. The van der Waals surface area contributed by atoms with Crippen molar-refractivity contribution in [3.05, 3.63) is 24.3 Å². The van der Waals surface area contributed by atoms with E-state index in [-0.39, 0.29) is 31.1 Å². The second-order valence-electron chi connectivity index (χ2n) is 19.9. The predicted octanol–water partition coefficient (Wildman–Crippen LogP) is 19.5. The third-order valence-electron chi connectivity index (χ3n) is 13.2. The van der Waals surface area contributed by atoms with Gasteiger partial charge in [-0.25, -0.2) is 0 Å². The van der Waals surface area contributed by atoms with E-state index in [0.29, 0.717) is 19.3 Å². The smallest absolute Gasteiger partial charge is 0.306 e. The Morgan fingerprint density at radius 2 is 0.561 bits per heavy atom. The molecular weight excluding hydrogens is 817 g/mol. The quantitative estimate of drug-likeness (QED) is 0.0262. The molecule has 0 N–H and O–H groups in total. The van der Waals surface area contributed by atoms with Crippen LogP contribution in [0, 0.1) is 0 Å². The van der Waals surface area contributed by atoms with Crippen LogP contribution in [-0.4, -0.2) is 37.2 Å². The van der Waals surface area contributed by atoms with Crippen LogP contribution in [0.4, 0.5) is 0 Å². The highest BCUT2D eigenvalue weighted by molar-refractivity contribution is 5.71. The van der Waals surface area contributed by atoms with Gasteiger partial charge in [-0.1, -0.05) is 283 Å². The van der Waals surface area contributed by atoms with Crippen LogP contribution in [0.1, 0.15) is 323 Å². The Bertz CT molecular complexity index is 1070. The molecule has 66 heavy (non-hydrogen) atoms. The SMILES string of the molecule is CCCC/C=C\C/C=C\CCCCCCCC(=O)OC(COC(=O)CCCCCCC)COC(=O)CCCCCCCCCCCCCCCCCCCCCCCCCCCCCCC. The molecular formula is C60H112O6. The summed E-state index contributed by atoms with van der Waals surface area (Å²) in [5.41, 5.74) is 0. The zero-order chi connectivity index (χ0) is 47.9. The number of unbranched alkanes of at least 4 members (excludes halogenated alkanes) is 39. The number of ether oxygens (including phenoxy) is 3. The number of carbonyl (C=O) groups excluding carboxylic acids is 3. The summed E-state index contributed by atoms with van der Waals surface area (Å²) in [6, 6.07) is 0. The summed E-state index contributed by atoms with van der Waals surface area (Å²) in [5, 5.41) is 0. The van der Waals surface area contributed by atoms with Crippen LogP contribution >= 0.6 is 0 Å². The van der Waals surface area contributed by atoms with E-state index >= 15 is 0 Å². The van der Waals surface area contributed by atoms with Gasteiger partial charge < -0.3 is 14.2 Å². The summed E-state index contributed by atoms with van der Waals surface area (Å²) in [7, 11) is 0. The van der Waals surface area contributed by atoms with Gasteiger partial charge in [0.05, 0.1) is 0 Å².